The summed E-state index contributed by atoms with van der Waals surface area (Å²) in [5, 5.41) is 13.5. The lowest BCUT2D eigenvalue weighted by atomic mass is 10.0. The topological polar surface area (TPSA) is 98.3 Å². The number of nitrogens with two attached hydrogens (primary N) is 1. The molecule has 0 heterocycles. The number of thiocarbonyl (C=S) groups is 1. The van der Waals surface area contributed by atoms with Gasteiger partial charge < -0.3 is 11.1 Å². The molecular formula is C14H11N3O3S. The van der Waals surface area contributed by atoms with Crippen LogP contribution in [0.15, 0.2) is 48.5 Å². The molecule has 0 atom stereocenters. The van der Waals surface area contributed by atoms with Gasteiger partial charge in [0.2, 0.25) is 0 Å². The van der Waals surface area contributed by atoms with Gasteiger partial charge in [0.1, 0.15) is 0 Å². The molecule has 0 aliphatic heterocycles. The van der Waals surface area contributed by atoms with Crippen LogP contribution in [0.25, 0.3) is 0 Å². The minimum absolute atomic E-state index is 0.0223. The van der Waals surface area contributed by atoms with Crippen LogP contribution in [0.5, 0.6) is 0 Å². The summed E-state index contributed by atoms with van der Waals surface area (Å²) in [6.07, 6.45) is 0. The number of nitro groups is 1. The fraction of sp³-hybridized carbons (Fsp3) is 0. The Bertz CT molecular complexity index is 717. The van der Waals surface area contributed by atoms with E-state index in [1.807, 2.05) is 0 Å². The van der Waals surface area contributed by atoms with Crippen molar-refractivity contribution in [1.82, 2.24) is 0 Å². The Balaban J connectivity index is 2.52. The van der Waals surface area contributed by atoms with Gasteiger partial charge in [-0.05, 0) is 18.3 Å². The second kappa shape index (κ2) is 6.10. The molecule has 0 aromatic heterocycles. The molecule has 21 heavy (non-hydrogen) atoms. The SMILES string of the molecule is NC(=S)Nc1ccc([N+](=O)[O-])cc1C(=O)c1ccccc1. The van der Waals surface area contributed by atoms with E-state index in [1.165, 1.54) is 18.2 Å². The van der Waals surface area contributed by atoms with Gasteiger partial charge in [0.15, 0.2) is 10.9 Å². The molecule has 2 aromatic rings. The molecule has 0 saturated heterocycles. The number of ketones is 1. The van der Waals surface area contributed by atoms with Crippen LogP contribution in [0, 0.1) is 10.1 Å². The first-order valence-electron chi connectivity index (χ1n) is 5.93. The van der Waals surface area contributed by atoms with Crippen molar-refractivity contribution in [3.63, 3.8) is 0 Å². The summed E-state index contributed by atoms with van der Waals surface area (Å²) < 4.78 is 0. The van der Waals surface area contributed by atoms with Gasteiger partial charge in [-0.3, -0.25) is 14.9 Å². The van der Waals surface area contributed by atoms with Crippen molar-refractivity contribution in [1.29, 1.82) is 0 Å². The van der Waals surface area contributed by atoms with Crippen molar-refractivity contribution in [3.05, 3.63) is 69.8 Å². The minimum atomic E-state index is -0.563. The van der Waals surface area contributed by atoms with E-state index in [0.717, 1.165) is 0 Å². The number of rotatable bonds is 4. The van der Waals surface area contributed by atoms with Crippen LogP contribution < -0.4 is 11.1 Å². The molecule has 0 spiro atoms. The molecule has 106 valence electrons. The summed E-state index contributed by atoms with van der Waals surface area (Å²) >= 11 is 4.75. The number of benzene rings is 2. The van der Waals surface area contributed by atoms with Crippen LogP contribution in [0.2, 0.25) is 0 Å². The minimum Gasteiger partial charge on any atom is -0.376 e. The van der Waals surface area contributed by atoms with E-state index in [-0.39, 0.29) is 22.1 Å². The molecule has 0 radical (unpaired) electrons. The van der Waals surface area contributed by atoms with Gasteiger partial charge in [0.05, 0.1) is 16.2 Å². The lowest BCUT2D eigenvalue weighted by molar-refractivity contribution is -0.384. The van der Waals surface area contributed by atoms with Gasteiger partial charge in [-0.15, -0.1) is 0 Å². The van der Waals surface area contributed by atoms with E-state index < -0.39 is 4.92 Å². The third kappa shape index (κ3) is 3.40. The zero-order valence-electron chi connectivity index (χ0n) is 10.8. The first kappa shape index (κ1) is 14.6. The van der Waals surface area contributed by atoms with Crippen LogP contribution in [0.1, 0.15) is 15.9 Å². The molecule has 0 unspecified atom stereocenters. The number of hydrogen-bond acceptors (Lipinski definition) is 4. The maximum Gasteiger partial charge on any atom is 0.270 e. The largest absolute Gasteiger partial charge is 0.376 e. The Kier molecular flexibility index (Phi) is 4.24. The lowest BCUT2D eigenvalue weighted by Gasteiger charge is -2.10. The average molecular weight is 301 g/mol. The Labute approximate surface area is 125 Å². The maximum absolute atomic E-state index is 12.5. The fourth-order valence-electron chi connectivity index (χ4n) is 1.82. The normalized spacial score (nSPS) is 9.90. The highest BCUT2D eigenvalue weighted by Gasteiger charge is 2.18. The van der Waals surface area contributed by atoms with Gasteiger partial charge in [0.25, 0.3) is 5.69 Å². The maximum atomic E-state index is 12.5. The summed E-state index contributed by atoms with van der Waals surface area (Å²) in [4.78, 5) is 22.8. The van der Waals surface area contributed by atoms with Crippen LogP contribution in [0.3, 0.4) is 0 Å². The van der Waals surface area contributed by atoms with Crippen LogP contribution in [-0.4, -0.2) is 15.8 Å². The molecule has 0 saturated carbocycles. The van der Waals surface area contributed by atoms with E-state index in [1.54, 1.807) is 30.3 Å². The lowest BCUT2D eigenvalue weighted by Crippen LogP contribution is -2.21. The standard InChI is InChI=1S/C14H11N3O3S/c15-14(21)16-12-7-6-10(17(19)20)8-11(12)13(18)9-4-2-1-3-5-9/h1-8H,(H3,15,16,21). The van der Waals surface area contributed by atoms with E-state index in [0.29, 0.717) is 11.3 Å². The van der Waals surface area contributed by atoms with Crippen LogP contribution in [-0.2, 0) is 0 Å². The second-order valence-electron chi connectivity index (χ2n) is 4.17. The van der Waals surface area contributed by atoms with Crippen molar-refractivity contribution in [2.24, 2.45) is 5.73 Å². The van der Waals surface area contributed by atoms with Crippen molar-refractivity contribution in [2.75, 3.05) is 5.32 Å². The second-order valence-corrected chi connectivity index (χ2v) is 4.61. The Morgan fingerprint density at radius 3 is 2.43 bits per heavy atom. The molecule has 0 fully saturated rings. The summed E-state index contributed by atoms with van der Waals surface area (Å²) in [6.45, 7) is 0. The molecular weight excluding hydrogens is 290 g/mol. The Morgan fingerprint density at radius 1 is 1.19 bits per heavy atom. The van der Waals surface area contributed by atoms with E-state index in [9.17, 15) is 14.9 Å². The number of carbonyl (C=O) groups is 1. The van der Waals surface area contributed by atoms with Crippen molar-refractivity contribution in [3.8, 4) is 0 Å². The summed E-state index contributed by atoms with van der Waals surface area (Å²) in [6, 6.07) is 12.4. The van der Waals surface area contributed by atoms with E-state index in [2.05, 4.69) is 5.32 Å². The quantitative estimate of drug-likeness (QED) is 0.389. The summed E-state index contributed by atoms with van der Waals surface area (Å²) in [5.41, 5.74) is 6.12. The van der Waals surface area contributed by atoms with Gasteiger partial charge in [0, 0.05) is 17.7 Å². The smallest absolute Gasteiger partial charge is 0.270 e. The first-order chi connectivity index (χ1) is 9.99. The summed E-state index contributed by atoms with van der Waals surface area (Å²) in [7, 11) is 0. The molecule has 0 amide bonds. The molecule has 0 aliphatic rings. The molecule has 0 bridgehead atoms. The Morgan fingerprint density at radius 2 is 1.86 bits per heavy atom. The molecule has 2 aromatic carbocycles. The number of hydrogen-bond donors (Lipinski definition) is 2. The predicted molar refractivity (Wildman–Crippen MR) is 83.4 cm³/mol. The highest BCUT2D eigenvalue weighted by molar-refractivity contribution is 7.80. The molecule has 2 rings (SSSR count). The number of anilines is 1. The zero-order valence-corrected chi connectivity index (χ0v) is 11.6. The van der Waals surface area contributed by atoms with Gasteiger partial charge in [-0.2, -0.15) is 0 Å². The number of nitrogens with one attached hydrogen (secondary N) is 1. The van der Waals surface area contributed by atoms with Gasteiger partial charge in [-0.25, -0.2) is 0 Å². The molecule has 6 nitrogen and oxygen atoms in total. The molecule has 0 aliphatic carbocycles. The summed E-state index contributed by atoms with van der Waals surface area (Å²) in [5.74, 6) is -0.349. The zero-order chi connectivity index (χ0) is 15.4. The number of nitro benzene ring substituents is 1. The van der Waals surface area contributed by atoms with Crippen molar-refractivity contribution >= 4 is 34.5 Å². The third-order valence-corrected chi connectivity index (χ3v) is 2.85. The van der Waals surface area contributed by atoms with Gasteiger partial charge >= 0.3 is 0 Å². The highest BCUT2D eigenvalue weighted by Crippen LogP contribution is 2.24. The number of carbonyl (C=O) groups excluding carboxylic acids is 1. The monoisotopic (exact) mass is 301 g/mol. The van der Waals surface area contributed by atoms with Crippen molar-refractivity contribution < 1.29 is 9.72 Å². The Hall–Kier alpha value is -2.80. The van der Waals surface area contributed by atoms with Gasteiger partial charge in [-0.1, -0.05) is 30.3 Å². The molecule has 7 heteroatoms. The predicted octanol–water partition coefficient (Wildman–Crippen LogP) is 2.48. The third-order valence-electron chi connectivity index (χ3n) is 2.75. The highest BCUT2D eigenvalue weighted by atomic mass is 32.1. The van der Waals surface area contributed by atoms with Crippen molar-refractivity contribution in [2.45, 2.75) is 0 Å². The number of non-ortho nitro benzene ring substituents is 1. The fourth-order valence-corrected chi connectivity index (χ4v) is 1.93. The van der Waals surface area contributed by atoms with Crippen LogP contribution in [0.4, 0.5) is 11.4 Å². The first-order valence-corrected chi connectivity index (χ1v) is 6.34. The average Bonchev–Trinajstić information content (AvgIpc) is 2.47. The molecule has 3 N–H and O–H groups in total. The number of nitrogens with zero attached hydrogens (tertiary/aromatic N) is 1. The van der Waals surface area contributed by atoms with E-state index >= 15 is 0 Å². The van der Waals surface area contributed by atoms with E-state index in [4.69, 9.17) is 18.0 Å². The van der Waals surface area contributed by atoms with Crippen LogP contribution >= 0.6 is 12.2 Å².